The number of nitrogens with one attached hydrogen (secondary N) is 3. The molecule has 3 heterocycles. The zero-order valence-electron chi connectivity index (χ0n) is 18.2. The molecule has 0 saturated heterocycles. The van der Waals surface area contributed by atoms with E-state index in [-0.39, 0.29) is 23.6 Å². The Bertz CT molecular complexity index is 1250. The maximum atomic E-state index is 13.3. The number of rotatable bonds is 6. The zero-order chi connectivity index (χ0) is 23.1. The third-order valence-electron chi connectivity index (χ3n) is 6.40. The molecule has 0 spiro atoms. The SMILES string of the molecule is CNc1cc(Nc2cccn([C@H]3C[C@H](F)C3)c2=O)nc2c(C(=O)NC3CC[C@H](O)C3)cnn12. The number of fused-ring (bicyclic) bond motifs is 1. The number of anilines is 3. The van der Waals surface area contributed by atoms with Crippen LogP contribution < -0.4 is 21.5 Å². The largest absolute Gasteiger partial charge is 0.393 e. The van der Waals surface area contributed by atoms with E-state index in [9.17, 15) is 19.1 Å². The molecule has 174 valence electrons. The van der Waals surface area contributed by atoms with E-state index in [4.69, 9.17) is 0 Å². The summed E-state index contributed by atoms with van der Waals surface area (Å²) in [4.78, 5) is 30.3. The van der Waals surface area contributed by atoms with Crippen molar-refractivity contribution in [3.63, 3.8) is 0 Å². The van der Waals surface area contributed by atoms with E-state index in [1.807, 2.05) is 0 Å². The molecule has 11 heteroatoms. The number of amides is 1. The number of nitrogens with zero attached hydrogens (tertiary/aromatic N) is 4. The molecule has 0 aromatic carbocycles. The quantitative estimate of drug-likeness (QED) is 0.448. The molecule has 3 aromatic heterocycles. The topological polar surface area (TPSA) is 126 Å². The maximum Gasteiger partial charge on any atom is 0.274 e. The lowest BCUT2D eigenvalue weighted by Gasteiger charge is -2.31. The second kappa shape index (κ2) is 8.47. The Hall–Kier alpha value is -3.47. The molecule has 0 bridgehead atoms. The molecule has 4 N–H and O–H groups in total. The number of carbonyl (C=O) groups excluding carboxylic acids is 1. The molecule has 2 aliphatic rings. The summed E-state index contributed by atoms with van der Waals surface area (Å²) in [6, 6.07) is 4.83. The van der Waals surface area contributed by atoms with Crippen LogP contribution in [0.4, 0.5) is 21.7 Å². The van der Waals surface area contributed by atoms with Crippen LogP contribution in [0.25, 0.3) is 5.65 Å². The van der Waals surface area contributed by atoms with Gasteiger partial charge in [-0.2, -0.15) is 9.61 Å². The van der Waals surface area contributed by atoms with Gasteiger partial charge in [0.25, 0.3) is 11.5 Å². The number of halogens is 1. The van der Waals surface area contributed by atoms with Crippen molar-refractivity contribution < 1.29 is 14.3 Å². The number of hydrogen-bond donors (Lipinski definition) is 4. The molecular weight excluding hydrogens is 429 g/mol. The molecule has 33 heavy (non-hydrogen) atoms. The molecule has 10 nitrogen and oxygen atoms in total. The second-order valence-corrected chi connectivity index (χ2v) is 8.69. The van der Waals surface area contributed by atoms with Crippen LogP contribution in [0.2, 0.25) is 0 Å². The highest BCUT2D eigenvalue weighted by molar-refractivity contribution is 6.00. The molecule has 2 fully saturated rings. The van der Waals surface area contributed by atoms with Gasteiger partial charge in [0.15, 0.2) is 5.65 Å². The van der Waals surface area contributed by atoms with Gasteiger partial charge >= 0.3 is 0 Å². The average Bonchev–Trinajstić information content (AvgIpc) is 3.38. The lowest BCUT2D eigenvalue weighted by atomic mass is 9.90. The van der Waals surface area contributed by atoms with Crippen LogP contribution in [0.15, 0.2) is 35.4 Å². The minimum Gasteiger partial charge on any atom is -0.393 e. The molecule has 3 aromatic rings. The molecule has 0 aliphatic heterocycles. The van der Waals surface area contributed by atoms with E-state index >= 15 is 0 Å². The van der Waals surface area contributed by atoms with E-state index in [0.717, 1.165) is 6.42 Å². The highest BCUT2D eigenvalue weighted by atomic mass is 19.1. The normalized spacial score (nSPS) is 24.5. The minimum absolute atomic E-state index is 0.0919. The number of pyridine rings is 1. The minimum atomic E-state index is -0.861. The zero-order valence-corrected chi connectivity index (χ0v) is 18.2. The van der Waals surface area contributed by atoms with Crippen LogP contribution in [-0.4, -0.2) is 55.5 Å². The van der Waals surface area contributed by atoms with Gasteiger partial charge in [0.2, 0.25) is 0 Å². The molecule has 2 saturated carbocycles. The monoisotopic (exact) mass is 455 g/mol. The Balaban J connectivity index is 1.44. The van der Waals surface area contributed by atoms with E-state index in [2.05, 4.69) is 26.0 Å². The number of carbonyl (C=O) groups is 1. The third kappa shape index (κ3) is 4.04. The van der Waals surface area contributed by atoms with Crippen LogP contribution in [-0.2, 0) is 0 Å². The van der Waals surface area contributed by atoms with Crippen LogP contribution in [0, 0.1) is 0 Å². The summed E-state index contributed by atoms with van der Waals surface area (Å²) in [7, 11) is 1.72. The van der Waals surface area contributed by atoms with Gasteiger partial charge in [-0.05, 0) is 44.2 Å². The Morgan fingerprint density at radius 1 is 1.27 bits per heavy atom. The summed E-state index contributed by atoms with van der Waals surface area (Å²) in [5, 5.41) is 23.0. The van der Waals surface area contributed by atoms with E-state index in [0.29, 0.717) is 54.2 Å². The molecular formula is C22H26FN7O3. The predicted molar refractivity (Wildman–Crippen MR) is 121 cm³/mol. The van der Waals surface area contributed by atoms with Crippen molar-refractivity contribution >= 4 is 28.9 Å². The van der Waals surface area contributed by atoms with Crippen LogP contribution in [0.3, 0.4) is 0 Å². The first-order valence-corrected chi connectivity index (χ1v) is 11.1. The lowest BCUT2D eigenvalue weighted by molar-refractivity contribution is 0.0935. The molecule has 1 amide bonds. The fourth-order valence-electron chi connectivity index (χ4n) is 4.50. The average molecular weight is 455 g/mol. The van der Waals surface area contributed by atoms with E-state index in [1.54, 1.807) is 36.0 Å². The Morgan fingerprint density at radius 2 is 2.09 bits per heavy atom. The first-order valence-electron chi connectivity index (χ1n) is 11.1. The maximum absolute atomic E-state index is 13.3. The summed E-state index contributed by atoms with van der Waals surface area (Å²) >= 11 is 0. The molecule has 2 aliphatic carbocycles. The molecule has 5 rings (SSSR count). The summed E-state index contributed by atoms with van der Waals surface area (Å²) < 4.78 is 16.3. The standard InChI is InChI=1S/C22H26FN7O3/c1-24-19-10-18(27-17-3-2-6-29(22(17)33)14-7-12(23)8-14)28-20-16(11-25-30(19)20)21(32)26-13-4-5-15(31)9-13/h2-3,6,10-15,24,31H,4-5,7-9H2,1H3,(H,26,32)(H,27,28)/t12-,13?,14-,15-/m0/s1. The van der Waals surface area contributed by atoms with Gasteiger partial charge in [0.05, 0.1) is 12.3 Å². The Morgan fingerprint density at radius 3 is 2.79 bits per heavy atom. The van der Waals surface area contributed by atoms with Gasteiger partial charge in [-0.1, -0.05) is 0 Å². The summed E-state index contributed by atoms with van der Waals surface area (Å²) in [5.41, 5.74) is 0.680. The van der Waals surface area contributed by atoms with Gasteiger partial charge in [-0.15, -0.1) is 0 Å². The first kappa shape index (κ1) is 21.4. The molecule has 2 atom stereocenters. The van der Waals surface area contributed by atoms with E-state index < -0.39 is 12.3 Å². The van der Waals surface area contributed by atoms with Gasteiger partial charge in [-0.25, -0.2) is 9.37 Å². The number of aromatic nitrogens is 4. The van der Waals surface area contributed by atoms with Gasteiger partial charge in [0, 0.05) is 31.4 Å². The van der Waals surface area contributed by atoms with Crippen molar-refractivity contribution in [2.45, 2.75) is 56.5 Å². The van der Waals surface area contributed by atoms with E-state index in [1.165, 1.54) is 10.7 Å². The lowest BCUT2D eigenvalue weighted by Crippen LogP contribution is -2.35. The fraction of sp³-hybridized carbons (Fsp3) is 0.455. The first-order chi connectivity index (χ1) is 15.9. The summed E-state index contributed by atoms with van der Waals surface area (Å²) in [6.45, 7) is 0. The van der Waals surface area contributed by atoms with Crippen molar-refractivity contribution in [1.82, 2.24) is 24.5 Å². The fourth-order valence-corrected chi connectivity index (χ4v) is 4.50. The number of aliphatic hydroxyl groups is 1. The predicted octanol–water partition coefficient (Wildman–Crippen LogP) is 1.99. The highest BCUT2D eigenvalue weighted by Gasteiger charge is 2.31. The second-order valence-electron chi connectivity index (χ2n) is 8.69. The van der Waals surface area contributed by atoms with Crippen molar-refractivity contribution in [2.75, 3.05) is 17.7 Å². The molecule has 0 radical (unpaired) electrons. The van der Waals surface area contributed by atoms with Crippen LogP contribution >= 0.6 is 0 Å². The smallest absolute Gasteiger partial charge is 0.274 e. The Labute approximate surface area is 188 Å². The van der Waals surface area contributed by atoms with Crippen LogP contribution in [0.1, 0.15) is 48.5 Å². The van der Waals surface area contributed by atoms with Crippen molar-refractivity contribution in [2.24, 2.45) is 0 Å². The molecule has 1 unspecified atom stereocenters. The van der Waals surface area contributed by atoms with Gasteiger partial charge in [0.1, 0.15) is 29.1 Å². The number of aliphatic hydroxyl groups excluding tert-OH is 1. The van der Waals surface area contributed by atoms with Gasteiger partial charge < -0.3 is 25.6 Å². The van der Waals surface area contributed by atoms with Crippen molar-refractivity contribution in [3.8, 4) is 0 Å². The summed E-state index contributed by atoms with van der Waals surface area (Å²) in [6.07, 6.45) is 4.45. The highest BCUT2D eigenvalue weighted by Crippen LogP contribution is 2.33. The Kier molecular flexibility index (Phi) is 5.49. The van der Waals surface area contributed by atoms with Crippen LogP contribution in [0.5, 0.6) is 0 Å². The summed E-state index contributed by atoms with van der Waals surface area (Å²) in [5.74, 6) is 0.626. The van der Waals surface area contributed by atoms with Crippen molar-refractivity contribution in [1.29, 1.82) is 0 Å². The van der Waals surface area contributed by atoms with Crippen molar-refractivity contribution in [3.05, 3.63) is 46.5 Å². The van der Waals surface area contributed by atoms with Gasteiger partial charge in [-0.3, -0.25) is 9.59 Å². The third-order valence-corrected chi connectivity index (χ3v) is 6.40. The number of hydrogen-bond acceptors (Lipinski definition) is 7. The number of alkyl halides is 1.